The summed E-state index contributed by atoms with van der Waals surface area (Å²) in [5, 5.41) is 15.0. The van der Waals surface area contributed by atoms with Crippen molar-refractivity contribution in [2.75, 3.05) is 7.11 Å². The molecule has 0 amide bonds. The number of aliphatic hydroxyl groups excluding tert-OH is 1. The van der Waals surface area contributed by atoms with Crippen molar-refractivity contribution >= 4 is 11.6 Å². The molecule has 0 bridgehead atoms. The summed E-state index contributed by atoms with van der Waals surface area (Å²) in [6.07, 6.45) is 0.936. The normalized spacial score (nSPS) is 12.5. The Balaban J connectivity index is 2.40. The second-order valence-corrected chi connectivity index (χ2v) is 4.51. The van der Waals surface area contributed by atoms with E-state index in [-0.39, 0.29) is 0 Å². The summed E-state index contributed by atoms with van der Waals surface area (Å²) in [5.41, 5.74) is 2.44. The third kappa shape index (κ3) is 2.21. The number of hydrogen-bond donors (Lipinski definition) is 1. The molecule has 0 fully saturated rings. The summed E-state index contributed by atoms with van der Waals surface area (Å²) in [6, 6.07) is 5.23. The topological polar surface area (TPSA) is 47.3 Å². The Morgan fingerprint density at radius 2 is 2.17 bits per heavy atom. The highest BCUT2D eigenvalue weighted by atomic mass is 35.5. The van der Waals surface area contributed by atoms with Crippen LogP contribution in [-0.2, 0) is 7.05 Å². The molecular weight excluding hydrogens is 252 g/mol. The lowest BCUT2D eigenvalue weighted by Crippen LogP contribution is -2.02. The third-order valence-electron chi connectivity index (χ3n) is 3.06. The van der Waals surface area contributed by atoms with Crippen LogP contribution < -0.4 is 4.74 Å². The van der Waals surface area contributed by atoms with Crippen molar-refractivity contribution in [1.82, 2.24) is 9.78 Å². The van der Waals surface area contributed by atoms with Crippen LogP contribution >= 0.6 is 11.6 Å². The van der Waals surface area contributed by atoms with E-state index in [0.717, 1.165) is 16.8 Å². The first-order valence-electron chi connectivity index (χ1n) is 5.54. The largest absolute Gasteiger partial charge is 0.495 e. The molecule has 1 unspecified atom stereocenters. The van der Waals surface area contributed by atoms with Crippen LogP contribution in [0.25, 0.3) is 0 Å². The van der Waals surface area contributed by atoms with Crippen molar-refractivity contribution in [1.29, 1.82) is 0 Å². The molecule has 5 heteroatoms. The van der Waals surface area contributed by atoms with Crippen LogP contribution in [0.4, 0.5) is 0 Å². The Labute approximate surface area is 111 Å². The Kier molecular flexibility index (Phi) is 3.59. The van der Waals surface area contributed by atoms with E-state index in [1.54, 1.807) is 36.2 Å². The molecule has 1 atom stereocenters. The zero-order chi connectivity index (χ0) is 13.3. The van der Waals surface area contributed by atoms with Gasteiger partial charge in [0.25, 0.3) is 0 Å². The molecule has 18 heavy (non-hydrogen) atoms. The van der Waals surface area contributed by atoms with E-state index in [4.69, 9.17) is 16.3 Å². The highest BCUT2D eigenvalue weighted by molar-refractivity contribution is 6.32. The lowest BCUT2D eigenvalue weighted by Gasteiger charge is -2.12. The molecule has 0 saturated heterocycles. The lowest BCUT2D eigenvalue weighted by atomic mass is 10.0. The highest BCUT2D eigenvalue weighted by Crippen LogP contribution is 2.31. The maximum atomic E-state index is 10.3. The van der Waals surface area contributed by atoms with Crippen LogP contribution in [0.1, 0.15) is 22.9 Å². The minimum absolute atomic E-state index is 0.524. The average Bonchev–Trinajstić information content (AvgIpc) is 2.70. The first-order valence-corrected chi connectivity index (χ1v) is 5.92. The molecule has 0 aliphatic carbocycles. The van der Waals surface area contributed by atoms with Crippen LogP contribution in [0.15, 0.2) is 24.4 Å². The number of aromatic nitrogens is 2. The van der Waals surface area contributed by atoms with Gasteiger partial charge in [0, 0.05) is 18.3 Å². The average molecular weight is 267 g/mol. The molecule has 4 nitrogen and oxygen atoms in total. The quantitative estimate of drug-likeness (QED) is 0.928. The number of hydrogen-bond acceptors (Lipinski definition) is 3. The Morgan fingerprint density at radius 1 is 1.44 bits per heavy atom. The monoisotopic (exact) mass is 266 g/mol. The number of aliphatic hydroxyl groups is 1. The second-order valence-electron chi connectivity index (χ2n) is 4.11. The number of halogens is 1. The van der Waals surface area contributed by atoms with E-state index in [0.29, 0.717) is 10.8 Å². The lowest BCUT2D eigenvalue weighted by molar-refractivity contribution is 0.219. The van der Waals surface area contributed by atoms with Gasteiger partial charge in [0.1, 0.15) is 11.9 Å². The number of rotatable bonds is 3. The van der Waals surface area contributed by atoms with Crippen LogP contribution in [0.2, 0.25) is 5.02 Å². The van der Waals surface area contributed by atoms with Gasteiger partial charge in [-0.25, -0.2) is 0 Å². The van der Waals surface area contributed by atoms with Gasteiger partial charge in [-0.2, -0.15) is 5.10 Å². The molecule has 1 aromatic heterocycles. The number of ether oxygens (including phenoxy) is 1. The molecule has 1 aromatic carbocycles. The molecule has 0 aliphatic heterocycles. The minimum Gasteiger partial charge on any atom is -0.495 e. The fourth-order valence-corrected chi connectivity index (χ4v) is 2.00. The fourth-order valence-electron chi connectivity index (χ4n) is 1.81. The van der Waals surface area contributed by atoms with Crippen LogP contribution in [-0.4, -0.2) is 22.0 Å². The molecule has 1 heterocycles. The van der Waals surface area contributed by atoms with Gasteiger partial charge >= 0.3 is 0 Å². The predicted molar refractivity (Wildman–Crippen MR) is 70.0 cm³/mol. The summed E-state index contributed by atoms with van der Waals surface area (Å²) < 4.78 is 6.87. The number of aryl methyl sites for hydroxylation is 1. The van der Waals surface area contributed by atoms with Crippen LogP contribution in [0.3, 0.4) is 0 Å². The molecule has 0 saturated carbocycles. The van der Waals surface area contributed by atoms with Gasteiger partial charge in [-0.05, 0) is 24.6 Å². The van der Waals surface area contributed by atoms with Gasteiger partial charge in [0.15, 0.2) is 0 Å². The second kappa shape index (κ2) is 5.00. The predicted octanol–water partition coefficient (Wildman–Crippen LogP) is 2.47. The van der Waals surface area contributed by atoms with Crippen molar-refractivity contribution in [2.24, 2.45) is 7.05 Å². The van der Waals surface area contributed by atoms with Crippen molar-refractivity contribution < 1.29 is 9.84 Å². The molecule has 0 radical (unpaired) electrons. The van der Waals surface area contributed by atoms with E-state index < -0.39 is 6.10 Å². The molecule has 1 N–H and O–H groups in total. The third-order valence-corrected chi connectivity index (χ3v) is 3.37. The Bertz CT molecular complexity index is 566. The van der Waals surface area contributed by atoms with Crippen molar-refractivity contribution in [2.45, 2.75) is 13.0 Å². The molecule has 2 rings (SSSR count). The molecule has 2 aromatic rings. The zero-order valence-electron chi connectivity index (χ0n) is 10.5. The molecule has 0 aliphatic rings. The maximum Gasteiger partial charge on any atom is 0.137 e. The first-order chi connectivity index (χ1) is 8.54. The van der Waals surface area contributed by atoms with Gasteiger partial charge in [0.2, 0.25) is 0 Å². The zero-order valence-corrected chi connectivity index (χ0v) is 11.3. The number of nitrogens with zero attached hydrogens (tertiary/aromatic N) is 2. The fraction of sp³-hybridized carbons (Fsp3) is 0.308. The number of methoxy groups -OCH3 is 1. The summed E-state index contributed by atoms with van der Waals surface area (Å²) >= 11 is 5.96. The summed E-state index contributed by atoms with van der Waals surface area (Å²) in [6.45, 7) is 1.92. The number of benzene rings is 1. The van der Waals surface area contributed by atoms with E-state index in [1.807, 2.05) is 14.0 Å². The van der Waals surface area contributed by atoms with Crippen molar-refractivity contribution in [3.63, 3.8) is 0 Å². The maximum absolute atomic E-state index is 10.3. The van der Waals surface area contributed by atoms with Gasteiger partial charge in [-0.1, -0.05) is 17.7 Å². The molecule has 96 valence electrons. The molecule has 0 spiro atoms. The smallest absolute Gasteiger partial charge is 0.137 e. The molecular formula is C13H15ClN2O2. The van der Waals surface area contributed by atoms with Crippen LogP contribution in [0.5, 0.6) is 5.75 Å². The van der Waals surface area contributed by atoms with Gasteiger partial charge < -0.3 is 9.84 Å². The van der Waals surface area contributed by atoms with Gasteiger partial charge in [-0.15, -0.1) is 0 Å². The first kappa shape index (κ1) is 12.9. The van der Waals surface area contributed by atoms with Crippen molar-refractivity contribution in [3.8, 4) is 5.75 Å². The standard InChI is InChI=1S/C13H15ClN2O2/c1-8-10(7-15-16(8)2)13(17)9-4-5-11(14)12(6-9)18-3/h4-7,13,17H,1-3H3. The Morgan fingerprint density at radius 3 is 2.72 bits per heavy atom. The van der Waals surface area contributed by atoms with E-state index >= 15 is 0 Å². The van der Waals surface area contributed by atoms with Gasteiger partial charge in [0.05, 0.1) is 18.3 Å². The summed E-state index contributed by atoms with van der Waals surface area (Å²) in [4.78, 5) is 0. The summed E-state index contributed by atoms with van der Waals surface area (Å²) in [7, 11) is 3.39. The van der Waals surface area contributed by atoms with E-state index in [2.05, 4.69) is 5.10 Å². The van der Waals surface area contributed by atoms with Gasteiger partial charge in [-0.3, -0.25) is 4.68 Å². The SMILES string of the molecule is COc1cc(C(O)c2cnn(C)c2C)ccc1Cl. The van der Waals surface area contributed by atoms with Crippen molar-refractivity contribution in [3.05, 3.63) is 46.2 Å². The summed E-state index contributed by atoms with van der Waals surface area (Å²) in [5.74, 6) is 0.551. The minimum atomic E-state index is -0.732. The Hall–Kier alpha value is -1.52. The van der Waals surface area contributed by atoms with E-state index in [9.17, 15) is 5.11 Å². The highest BCUT2D eigenvalue weighted by Gasteiger charge is 2.17. The van der Waals surface area contributed by atoms with E-state index in [1.165, 1.54) is 0 Å². The van der Waals surface area contributed by atoms with Crippen LogP contribution in [0, 0.1) is 6.92 Å².